The molecule has 1 aromatic carbocycles. The van der Waals surface area contributed by atoms with Gasteiger partial charge in [-0.05, 0) is 44.9 Å². The second kappa shape index (κ2) is 11.1. The van der Waals surface area contributed by atoms with Crippen LogP contribution in [0.15, 0.2) is 24.3 Å². The molecule has 0 bridgehead atoms. The summed E-state index contributed by atoms with van der Waals surface area (Å²) in [5.41, 5.74) is 6.75. The van der Waals surface area contributed by atoms with Crippen LogP contribution in [0.2, 0.25) is 0 Å². The molecular formula is C19H26N2O4. The maximum atomic E-state index is 11.9. The Balaban J connectivity index is 2.46. The standard InChI is InChI=1S/C19H26N2O4/c1-4-7-12-24-16-10-8-15(9-11-16)13-17(20)19(23)25-14-18(22)21(5-2)6-3/h8-11,17H,5-6,12-14,20H2,1-3H3/t17-/m0/s1. The van der Waals surface area contributed by atoms with Crippen LogP contribution in [0.3, 0.4) is 0 Å². The van der Waals surface area contributed by atoms with Gasteiger partial charge in [-0.2, -0.15) is 0 Å². The number of hydrogen-bond donors (Lipinski definition) is 1. The van der Waals surface area contributed by atoms with Gasteiger partial charge in [0, 0.05) is 13.1 Å². The van der Waals surface area contributed by atoms with Crippen molar-refractivity contribution >= 4 is 11.9 Å². The average Bonchev–Trinajstić information content (AvgIpc) is 2.62. The number of likely N-dealkylation sites (N-methyl/N-ethyl adjacent to an activating group) is 1. The fourth-order valence-electron chi connectivity index (χ4n) is 2.16. The largest absolute Gasteiger partial charge is 0.481 e. The fraction of sp³-hybridized carbons (Fsp3) is 0.474. The highest BCUT2D eigenvalue weighted by molar-refractivity contribution is 5.82. The van der Waals surface area contributed by atoms with E-state index in [0.717, 1.165) is 5.56 Å². The average molecular weight is 346 g/mol. The maximum Gasteiger partial charge on any atom is 0.323 e. The number of esters is 1. The normalized spacial score (nSPS) is 11.0. The molecule has 6 nitrogen and oxygen atoms in total. The summed E-state index contributed by atoms with van der Waals surface area (Å²) in [5, 5.41) is 0. The highest BCUT2D eigenvalue weighted by Gasteiger charge is 2.18. The van der Waals surface area contributed by atoms with Gasteiger partial charge in [-0.1, -0.05) is 18.1 Å². The summed E-state index contributed by atoms with van der Waals surface area (Å²) in [5.74, 6) is 5.46. The summed E-state index contributed by atoms with van der Waals surface area (Å²) in [6.45, 7) is 6.72. The number of nitrogens with zero attached hydrogens (tertiary/aromatic N) is 1. The van der Waals surface area contributed by atoms with Crippen LogP contribution < -0.4 is 10.5 Å². The molecule has 1 atom stereocenters. The lowest BCUT2D eigenvalue weighted by Crippen LogP contribution is -2.39. The second-order valence-electron chi connectivity index (χ2n) is 5.34. The van der Waals surface area contributed by atoms with Gasteiger partial charge < -0.3 is 20.1 Å². The smallest absolute Gasteiger partial charge is 0.323 e. The van der Waals surface area contributed by atoms with E-state index in [1.165, 1.54) is 0 Å². The van der Waals surface area contributed by atoms with Crippen molar-refractivity contribution in [2.45, 2.75) is 33.2 Å². The van der Waals surface area contributed by atoms with Crippen molar-refractivity contribution in [2.24, 2.45) is 5.73 Å². The maximum absolute atomic E-state index is 11.9. The molecule has 0 radical (unpaired) electrons. The van der Waals surface area contributed by atoms with Gasteiger partial charge >= 0.3 is 5.97 Å². The van der Waals surface area contributed by atoms with Crippen molar-refractivity contribution in [3.8, 4) is 17.6 Å². The van der Waals surface area contributed by atoms with Crippen molar-refractivity contribution in [3.63, 3.8) is 0 Å². The van der Waals surface area contributed by atoms with Crippen LogP contribution in [0.25, 0.3) is 0 Å². The van der Waals surface area contributed by atoms with Gasteiger partial charge in [-0.25, -0.2) is 0 Å². The Bertz CT molecular complexity index is 613. The minimum atomic E-state index is -0.817. The van der Waals surface area contributed by atoms with Gasteiger partial charge in [0.15, 0.2) is 6.61 Å². The van der Waals surface area contributed by atoms with Crippen LogP contribution in [0, 0.1) is 11.8 Å². The van der Waals surface area contributed by atoms with E-state index >= 15 is 0 Å². The number of hydrogen-bond acceptors (Lipinski definition) is 5. The molecule has 0 unspecified atom stereocenters. The Morgan fingerprint density at radius 3 is 2.40 bits per heavy atom. The lowest BCUT2D eigenvalue weighted by Gasteiger charge is -2.19. The van der Waals surface area contributed by atoms with E-state index in [4.69, 9.17) is 15.2 Å². The number of nitrogens with two attached hydrogens (primary N) is 1. The van der Waals surface area contributed by atoms with Crippen LogP contribution in [-0.2, 0) is 20.7 Å². The second-order valence-corrected chi connectivity index (χ2v) is 5.34. The van der Waals surface area contributed by atoms with E-state index in [1.54, 1.807) is 24.0 Å². The molecule has 2 N–H and O–H groups in total. The fourth-order valence-corrected chi connectivity index (χ4v) is 2.16. The summed E-state index contributed by atoms with van der Waals surface area (Å²) in [7, 11) is 0. The Morgan fingerprint density at radius 1 is 1.20 bits per heavy atom. The highest BCUT2D eigenvalue weighted by atomic mass is 16.5. The number of benzene rings is 1. The van der Waals surface area contributed by atoms with Crippen molar-refractivity contribution in [1.82, 2.24) is 4.90 Å². The Labute approximate surface area is 149 Å². The topological polar surface area (TPSA) is 81.9 Å². The van der Waals surface area contributed by atoms with E-state index in [1.807, 2.05) is 26.0 Å². The van der Waals surface area contributed by atoms with Crippen LogP contribution in [-0.4, -0.2) is 49.1 Å². The first-order valence-electron chi connectivity index (χ1n) is 8.33. The van der Waals surface area contributed by atoms with Gasteiger partial charge in [0.25, 0.3) is 5.91 Å². The minimum absolute atomic E-state index is 0.220. The number of ether oxygens (including phenoxy) is 2. The molecule has 1 aromatic rings. The Morgan fingerprint density at radius 2 is 1.84 bits per heavy atom. The predicted octanol–water partition coefficient (Wildman–Crippen LogP) is 1.37. The molecule has 0 aliphatic rings. The molecule has 136 valence electrons. The third-order valence-corrected chi connectivity index (χ3v) is 3.62. The third-order valence-electron chi connectivity index (χ3n) is 3.62. The SMILES string of the molecule is CC#CCOc1ccc(C[C@H](N)C(=O)OCC(=O)N(CC)CC)cc1. The van der Waals surface area contributed by atoms with Crippen LogP contribution in [0.5, 0.6) is 5.75 Å². The summed E-state index contributed by atoms with van der Waals surface area (Å²) in [6, 6.07) is 6.46. The lowest BCUT2D eigenvalue weighted by molar-refractivity contribution is -0.153. The van der Waals surface area contributed by atoms with E-state index in [-0.39, 0.29) is 12.5 Å². The van der Waals surface area contributed by atoms with E-state index in [0.29, 0.717) is 31.9 Å². The molecule has 1 rings (SSSR count). The van der Waals surface area contributed by atoms with Crippen LogP contribution in [0.4, 0.5) is 0 Å². The molecule has 0 saturated heterocycles. The zero-order valence-corrected chi connectivity index (χ0v) is 15.1. The number of carbonyl (C=O) groups excluding carboxylic acids is 2. The summed E-state index contributed by atoms with van der Waals surface area (Å²) >= 11 is 0. The third kappa shape index (κ3) is 7.27. The molecule has 0 aliphatic heterocycles. The molecule has 6 heteroatoms. The molecule has 25 heavy (non-hydrogen) atoms. The Hall–Kier alpha value is -2.52. The van der Waals surface area contributed by atoms with Crippen molar-refractivity contribution < 1.29 is 19.1 Å². The number of amides is 1. The molecule has 0 aromatic heterocycles. The molecule has 0 spiro atoms. The summed E-state index contributed by atoms with van der Waals surface area (Å²) in [4.78, 5) is 25.4. The van der Waals surface area contributed by atoms with Crippen molar-refractivity contribution in [2.75, 3.05) is 26.3 Å². The molecule has 0 saturated carbocycles. The minimum Gasteiger partial charge on any atom is -0.481 e. The van der Waals surface area contributed by atoms with Crippen LogP contribution >= 0.6 is 0 Å². The van der Waals surface area contributed by atoms with Gasteiger partial charge in [0.2, 0.25) is 0 Å². The van der Waals surface area contributed by atoms with Gasteiger partial charge in [0.1, 0.15) is 18.4 Å². The first-order valence-corrected chi connectivity index (χ1v) is 8.33. The molecule has 1 amide bonds. The number of rotatable bonds is 9. The van der Waals surface area contributed by atoms with Crippen LogP contribution in [0.1, 0.15) is 26.3 Å². The summed E-state index contributed by atoms with van der Waals surface area (Å²) in [6.07, 6.45) is 0.327. The first-order chi connectivity index (χ1) is 12.0. The van der Waals surface area contributed by atoms with E-state index in [9.17, 15) is 9.59 Å². The van der Waals surface area contributed by atoms with Crippen molar-refractivity contribution in [3.05, 3.63) is 29.8 Å². The molecule has 0 heterocycles. The van der Waals surface area contributed by atoms with Gasteiger partial charge in [-0.3, -0.25) is 9.59 Å². The highest BCUT2D eigenvalue weighted by Crippen LogP contribution is 2.13. The summed E-state index contributed by atoms with van der Waals surface area (Å²) < 4.78 is 10.4. The van der Waals surface area contributed by atoms with Gasteiger partial charge in [-0.15, -0.1) is 5.92 Å². The van der Waals surface area contributed by atoms with E-state index < -0.39 is 12.0 Å². The number of carbonyl (C=O) groups is 2. The molecule has 0 fully saturated rings. The quantitative estimate of drug-likeness (QED) is 0.539. The van der Waals surface area contributed by atoms with Gasteiger partial charge in [0.05, 0.1) is 0 Å². The predicted molar refractivity (Wildman–Crippen MR) is 96.0 cm³/mol. The molecular weight excluding hydrogens is 320 g/mol. The monoisotopic (exact) mass is 346 g/mol. The zero-order valence-electron chi connectivity index (χ0n) is 15.1. The Kier molecular flexibility index (Phi) is 9.12. The molecule has 0 aliphatic carbocycles. The van der Waals surface area contributed by atoms with Crippen molar-refractivity contribution in [1.29, 1.82) is 0 Å². The lowest BCUT2D eigenvalue weighted by atomic mass is 10.1. The van der Waals surface area contributed by atoms with E-state index in [2.05, 4.69) is 11.8 Å². The zero-order chi connectivity index (χ0) is 18.7. The first kappa shape index (κ1) is 20.5.